The maximum atomic E-state index is 12.3. The Bertz CT molecular complexity index is 790. The van der Waals surface area contributed by atoms with Gasteiger partial charge < -0.3 is 9.64 Å². The number of halogens is 1. The Labute approximate surface area is 150 Å². The number of carbonyl (C=O) groups excluding carboxylic acids is 1. The second kappa shape index (κ2) is 7.47. The van der Waals surface area contributed by atoms with Crippen molar-refractivity contribution in [2.45, 2.75) is 18.6 Å². The van der Waals surface area contributed by atoms with Crippen molar-refractivity contribution < 1.29 is 9.53 Å². The Hall–Kier alpha value is -2.69. The van der Waals surface area contributed by atoms with Crippen LogP contribution in [0.25, 0.3) is 10.4 Å². The van der Waals surface area contributed by atoms with Crippen LogP contribution in [-0.2, 0) is 16.9 Å². The van der Waals surface area contributed by atoms with Crippen LogP contribution in [0, 0.1) is 0 Å². The van der Waals surface area contributed by atoms with Gasteiger partial charge in [-0.15, -0.1) is 0 Å². The summed E-state index contributed by atoms with van der Waals surface area (Å²) < 4.78 is 5.37. The molecule has 0 radical (unpaired) electrons. The summed E-state index contributed by atoms with van der Waals surface area (Å²) in [5, 5.41) is 4.60. The molecule has 0 bridgehead atoms. The van der Waals surface area contributed by atoms with Gasteiger partial charge in [0.2, 0.25) is 0 Å². The fraction of sp³-hybridized carbons (Fsp3) is 0.278. The highest BCUT2D eigenvalue weighted by Gasteiger charge is 2.41. The molecule has 1 amide bonds. The lowest BCUT2D eigenvalue weighted by atomic mass is 9.90. The van der Waals surface area contributed by atoms with Crippen LogP contribution in [0.15, 0.2) is 59.7 Å². The van der Waals surface area contributed by atoms with Crippen LogP contribution in [-0.4, -0.2) is 24.1 Å². The molecule has 1 unspecified atom stereocenters. The minimum Gasteiger partial charge on any atom is -0.445 e. The van der Waals surface area contributed by atoms with Gasteiger partial charge in [0, 0.05) is 23.0 Å². The molecule has 1 aliphatic rings. The lowest BCUT2D eigenvalue weighted by Crippen LogP contribution is -2.33. The van der Waals surface area contributed by atoms with Crippen molar-refractivity contribution in [3.63, 3.8) is 0 Å². The molecule has 6 nitrogen and oxygen atoms in total. The first kappa shape index (κ1) is 17.1. The lowest BCUT2D eigenvalue weighted by Gasteiger charge is -2.24. The first-order chi connectivity index (χ1) is 12.1. The third-order valence-electron chi connectivity index (χ3n) is 4.33. The van der Waals surface area contributed by atoms with Gasteiger partial charge in [-0.25, -0.2) is 4.79 Å². The number of azide groups is 1. The molecule has 128 valence electrons. The average molecular weight is 357 g/mol. The minimum absolute atomic E-state index is 0.214. The Balaban J connectivity index is 1.70. The van der Waals surface area contributed by atoms with Crippen LogP contribution in [0.3, 0.4) is 0 Å². The fourth-order valence-corrected chi connectivity index (χ4v) is 3.11. The van der Waals surface area contributed by atoms with E-state index in [9.17, 15) is 4.79 Å². The summed E-state index contributed by atoms with van der Waals surface area (Å²) in [5.41, 5.74) is 9.96. The van der Waals surface area contributed by atoms with Crippen LogP contribution in [0.4, 0.5) is 4.79 Å². The SMILES string of the molecule is [N-]=[N+]=NC1(c2ccc(Cl)cc2)CCN(C(=O)OCc2ccccc2)C1. The summed E-state index contributed by atoms with van der Waals surface area (Å²) in [6.45, 7) is 0.965. The Morgan fingerprint density at radius 2 is 1.96 bits per heavy atom. The Morgan fingerprint density at radius 1 is 1.24 bits per heavy atom. The predicted molar refractivity (Wildman–Crippen MR) is 95.1 cm³/mol. The van der Waals surface area contributed by atoms with Gasteiger partial charge in [0.15, 0.2) is 0 Å². The number of hydrogen-bond donors (Lipinski definition) is 0. The van der Waals surface area contributed by atoms with Crippen molar-refractivity contribution >= 4 is 17.7 Å². The third kappa shape index (κ3) is 3.87. The largest absolute Gasteiger partial charge is 0.445 e. The zero-order valence-corrected chi connectivity index (χ0v) is 14.3. The molecular formula is C18H17ClN4O2. The van der Waals surface area contributed by atoms with Gasteiger partial charge in [0.1, 0.15) is 6.61 Å². The monoisotopic (exact) mass is 356 g/mol. The van der Waals surface area contributed by atoms with Crippen LogP contribution in [0.5, 0.6) is 0 Å². The molecule has 3 rings (SSSR count). The quantitative estimate of drug-likeness (QED) is 0.444. The highest BCUT2D eigenvalue weighted by Crippen LogP contribution is 2.37. The summed E-state index contributed by atoms with van der Waals surface area (Å²) >= 11 is 5.93. The molecule has 0 aliphatic carbocycles. The van der Waals surface area contributed by atoms with E-state index in [0.717, 1.165) is 11.1 Å². The zero-order valence-electron chi connectivity index (χ0n) is 13.5. The van der Waals surface area contributed by atoms with E-state index >= 15 is 0 Å². The first-order valence-corrected chi connectivity index (χ1v) is 8.29. The van der Waals surface area contributed by atoms with Gasteiger partial charge >= 0.3 is 6.09 Å². The van der Waals surface area contributed by atoms with Crippen molar-refractivity contribution in [3.8, 4) is 0 Å². The number of nitrogens with zero attached hydrogens (tertiary/aromatic N) is 4. The molecule has 0 saturated carbocycles. The molecule has 7 heteroatoms. The number of ether oxygens (including phenoxy) is 1. The number of carbonyl (C=O) groups is 1. The van der Waals surface area contributed by atoms with E-state index in [2.05, 4.69) is 10.0 Å². The fourth-order valence-electron chi connectivity index (χ4n) is 2.98. The summed E-state index contributed by atoms with van der Waals surface area (Å²) in [5.74, 6) is 0. The maximum Gasteiger partial charge on any atom is 0.410 e. The third-order valence-corrected chi connectivity index (χ3v) is 4.58. The normalized spacial score (nSPS) is 19.3. The predicted octanol–water partition coefficient (Wildman–Crippen LogP) is 4.89. The van der Waals surface area contributed by atoms with Crippen molar-refractivity contribution in [1.29, 1.82) is 0 Å². The van der Waals surface area contributed by atoms with Crippen LogP contribution in [0.1, 0.15) is 17.5 Å². The molecule has 0 N–H and O–H groups in total. The molecular weight excluding hydrogens is 340 g/mol. The van der Waals surface area contributed by atoms with Gasteiger partial charge in [0.25, 0.3) is 0 Å². The van der Waals surface area contributed by atoms with E-state index in [0.29, 0.717) is 18.0 Å². The number of amides is 1. The van der Waals surface area contributed by atoms with Crippen LogP contribution in [0.2, 0.25) is 5.02 Å². The lowest BCUT2D eigenvalue weighted by molar-refractivity contribution is 0.102. The van der Waals surface area contributed by atoms with Gasteiger partial charge in [-0.05, 0) is 35.2 Å². The van der Waals surface area contributed by atoms with Gasteiger partial charge in [-0.1, -0.05) is 59.2 Å². The van der Waals surface area contributed by atoms with Crippen molar-refractivity contribution in [3.05, 3.63) is 81.2 Å². The molecule has 2 aromatic rings. The number of hydrogen-bond acceptors (Lipinski definition) is 3. The molecule has 1 saturated heterocycles. The van der Waals surface area contributed by atoms with Gasteiger partial charge in [-0.3, -0.25) is 0 Å². The van der Waals surface area contributed by atoms with Crippen LogP contribution >= 0.6 is 11.6 Å². The molecule has 1 heterocycles. The molecule has 1 aliphatic heterocycles. The highest BCUT2D eigenvalue weighted by molar-refractivity contribution is 6.30. The topological polar surface area (TPSA) is 78.3 Å². The second-order valence-electron chi connectivity index (χ2n) is 5.94. The molecule has 1 fully saturated rings. The smallest absolute Gasteiger partial charge is 0.410 e. The van der Waals surface area contributed by atoms with E-state index in [-0.39, 0.29) is 13.2 Å². The number of rotatable bonds is 4. The Kier molecular flexibility index (Phi) is 5.12. The van der Waals surface area contributed by atoms with Crippen molar-refractivity contribution in [2.75, 3.05) is 13.1 Å². The van der Waals surface area contributed by atoms with E-state index in [1.165, 1.54) is 0 Å². The summed E-state index contributed by atoms with van der Waals surface area (Å²) in [7, 11) is 0. The zero-order chi connectivity index (χ0) is 17.7. The van der Waals surface area contributed by atoms with E-state index in [4.69, 9.17) is 21.9 Å². The van der Waals surface area contributed by atoms with E-state index in [1.807, 2.05) is 42.5 Å². The van der Waals surface area contributed by atoms with E-state index < -0.39 is 11.6 Å². The first-order valence-electron chi connectivity index (χ1n) is 7.91. The van der Waals surface area contributed by atoms with Gasteiger partial charge in [0.05, 0.1) is 5.54 Å². The average Bonchev–Trinajstić information content (AvgIpc) is 3.07. The highest BCUT2D eigenvalue weighted by atomic mass is 35.5. The maximum absolute atomic E-state index is 12.3. The summed E-state index contributed by atoms with van der Waals surface area (Å²) in [6.07, 6.45) is 0.131. The standard InChI is InChI=1S/C18H17ClN4O2/c19-16-8-6-15(7-9-16)18(21-22-20)10-11-23(13-18)17(24)25-12-14-4-2-1-3-5-14/h1-9H,10-13H2. The minimum atomic E-state index is -0.787. The molecule has 25 heavy (non-hydrogen) atoms. The summed E-state index contributed by atoms with van der Waals surface area (Å²) in [6, 6.07) is 16.7. The summed E-state index contributed by atoms with van der Waals surface area (Å²) in [4.78, 5) is 16.9. The van der Waals surface area contributed by atoms with Crippen molar-refractivity contribution in [2.24, 2.45) is 5.11 Å². The molecule has 1 atom stereocenters. The van der Waals surface area contributed by atoms with Crippen molar-refractivity contribution in [1.82, 2.24) is 4.90 Å². The number of benzene rings is 2. The number of likely N-dealkylation sites (tertiary alicyclic amines) is 1. The molecule has 0 aromatic heterocycles. The van der Waals surface area contributed by atoms with E-state index in [1.54, 1.807) is 17.0 Å². The van der Waals surface area contributed by atoms with Crippen LogP contribution < -0.4 is 0 Å². The molecule has 0 spiro atoms. The Morgan fingerprint density at radius 3 is 2.64 bits per heavy atom. The second-order valence-corrected chi connectivity index (χ2v) is 6.38. The van der Waals surface area contributed by atoms with Gasteiger partial charge in [-0.2, -0.15) is 0 Å². The molecule has 2 aromatic carbocycles.